The van der Waals surface area contributed by atoms with Gasteiger partial charge in [0, 0.05) is 26.2 Å². The first-order valence-corrected chi connectivity index (χ1v) is 6.82. The Hall–Kier alpha value is -0.840. The zero-order chi connectivity index (χ0) is 13.0. The van der Waals surface area contributed by atoms with Crippen molar-refractivity contribution >= 4 is 0 Å². The van der Waals surface area contributed by atoms with Gasteiger partial charge in [-0.15, -0.1) is 0 Å². The standard InChI is InChI=1S/C14H24N2O2/c1-3-12(15)14(13-5-4-10-18-13)16-8-6-11(17-2)7-9-16/h4-5,10-12,14H,3,6-9,15H2,1-2H3. The molecular formula is C14H24N2O2. The van der Waals surface area contributed by atoms with Crippen LogP contribution in [-0.4, -0.2) is 37.2 Å². The van der Waals surface area contributed by atoms with Crippen LogP contribution in [0, 0.1) is 0 Å². The Morgan fingerprint density at radius 1 is 1.50 bits per heavy atom. The average Bonchev–Trinajstić information content (AvgIpc) is 2.93. The highest BCUT2D eigenvalue weighted by Crippen LogP contribution is 2.28. The maximum atomic E-state index is 6.27. The number of likely N-dealkylation sites (tertiary alicyclic amines) is 1. The molecule has 2 atom stereocenters. The van der Waals surface area contributed by atoms with Gasteiger partial charge in [0.25, 0.3) is 0 Å². The predicted molar refractivity (Wildman–Crippen MR) is 71.3 cm³/mol. The number of nitrogens with two attached hydrogens (primary N) is 1. The minimum Gasteiger partial charge on any atom is -0.468 e. The molecule has 0 bridgehead atoms. The fourth-order valence-electron chi connectivity index (χ4n) is 2.73. The van der Waals surface area contributed by atoms with Crippen LogP contribution in [-0.2, 0) is 4.74 Å². The van der Waals surface area contributed by atoms with E-state index in [4.69, 9.17) is 14.9 Å². The summed E-state index contributed by atoms with van der Waals surface area (Å²) < 4.78 is 11.0. The van der Waals surface area contributed by atoms with Crippen molar-refractivity contribution in [1.82, 2.24) is 4.90 Å². The topological polar surface area (TPSA) is 51.6 Å². The van der Waals surface area contributed by atoms with Crippen LogP contribution >= 0.6 is 0 Å². The van der Waals surface area contributed by atoms with E-state index in [9.17, 15) is 0 Å². The van der Waals surface area contributed by atoms with E-state index in [2.05, 4.69) is 11.8 Å². The SMILES string of the molecule is CCC(N)C(c1ccco1)N1CCC(OC)CC1. The molecule has 2 rings (SSSR count). The van der Waals surface area contributed by atoms with Gasteiger partial charge in [0.2, 0.25) is 0 Å². The van der Waals surface area contributed by atoms with E-state index in [0.29, 0.717) is 6.10 Å². The monoisotopic (exact) mass is 252 g/mol. The lowest BCUT2D eigenvalue weighted by atomic mass is 9.98. The van der Waals surface area contributed by atoms with Gasteiger partial charge in [-0.25, -0.2) is 0 Å². The zero-order valence-corrected chi connectivity index (χ0v) is 11.3. The van der Waals surface area contributed by atoms with Gasteiger partial charge in [-0.05, 0) is 31.4 Å². The molecule has 4 nitrogen and oxygen atoms in total. The Balaban J connectivity index is 2.06. The van der Waals surface area contributed by atoms with Crippen LogP contribution in [0.15, 0.2) is 22.8 Å². The molecule has 2 N–H and O–H groups in total. The highest BCUT2D eigenvalue weighted by molar-refractivity contribution is 5.08. The van der Waals surface area contributed by atoms with E-state index in [-0.39, 0.29) is 12.1 Å². The van der Waals surface area contributed by atoms with Gasteiger partial charge in [0.15, 0.2) is 0 Å². The largest absolute Gasteiger partial charge is 0.468 e. The van der Waals surface area contributed by atoms with Crippen LogP contribution in [0.1, 0.15) is 38.0 Å². The summed E-state index contributed by atoms with van der Waals surface area (Å²) in [5.74, 6) is 0.986. The van der Waals surface area contributed by atoms with Crippen molar-refractivity contribution in [2.24, 2.45) is 5.73 Å². The van der Waals surface area contributed by atoms with E-state index in [1.807, 2.05) is 12.1 Å². The molecule has 1 aliphatic heterocycles. The van der Waals surface area contributed by atoms with E-state index < -0.39 is 0 Å². The fraction of sp³-hybridized carbons (Fsp3) is 0.714. The second-order valence-electron chi connectivity index (χ2n) is 5.00. The summed E-state index contributed by atoms with van der Waals surface area (Å²) in [6.07, 6.45) is 5.23. The van der Waals surface area contributed by atoms with Crippen LogP contribution < -0.4 is 5.73 Å². The summed E-state index contributed by atoms with van der Waals surface area (Å²) in [6, 6.07) is 4.29. The van der Waals surface area contributed by atoms with Gasteiger partial charge < -0.3 is 14.9 Å². The van der Waals surface area contributed by atoms with Crippen LogP contribution in [0.25, 0.3) is 0 Å². The van der Waals surface area contributed by atoms with Crippen molar-refractivity contribution in [3.05, 3.63) is 24.2 Å². The maximum absolute atomic E-state index is 6.27. The Labute approximate surface area is 109 Å². The maximum Gasteiger partial charge on any atom is 0.122 e. The Morgan fingerprint density at radius 2 is 2.22 bits per heavy atom. The fourth-order valence-corrected chi connectivity index (χ4v) is 2.73. The lowest BCUT2D eigenvalue weighted by Crippen LogP contribution is -2.45. The predicted octanol–water partition coefficient (Wildman–Crippen LogP) is 2.17. The zero-order valence-electron chi connectivity index (χ0n) is 11.3. The number of piperidine rings is 1. The van der Waals surface area contributed by atoms with Crippen molar-refractivity contribution < 1.29 is 9.15 Å². The van der Waals surface area contributed by atoms with Gasteiger partial charge in [0.05, 0.1) is 18.4 Å². The molecule has 0 aromatic carbocycles. The minimum absolute atomic E-state index is 0.121. The van der Waals surface area contributed by atoms with Crippen LogP contribution in [0.2, 0.25) is 0 Å². The number of furan rings is 1. The van der Waals surface area contributed by atoms with Crippen molar-refractivity contribution in [1.29, 1.82) is 0 Å². The number of nitrogens with zero attached hydrogens (tertiary/aromatic N) is 1. The average molecular weight is 252 g/mol. The first-order chi connectivity index (χ1) is 8.76. The molecule has 2 unspecified atom stereocenters. The summed E-state index contributed by atoms with van der Waals surface area (Å²) in [4.78, 5) is 2.43. The van der Waals surface area contributed by atoms with E-state index >= 15 is 0 Å². The Morgan fingerprint density at radius 3 is 2.72 bits per heavy atom. The van der Waals surface area contributed by atoms with Crippen LogP contribution in [0.5, 0.6) is 0 Å². The van der Waals surface area contributed by atoms with Gasteiger partial charge >= 0.3 is 0 Å². The molecule has 2 heterocycles. The molecule has 4 heteroatoms. The summed E-state index contributed by atoms with van der Waals surface area (Å²) in [6.45, 7) is 4.18. The second kappa shape index (κ2) is 6.36. The molecular weight excluding hydrogens is 228 g/mol. The first-order valence-electron chi connectivity index (χ1n) is 6.82. The molecule has 1 fully saturated rings. The normalized spacial score (nSPS) is 21.9. The van der Waals surface area contributed by atoms with Gasteiger partial charge in [0.1, 0.15) is 5.76 Å². The van der Waals surface area contributed by atoms with Crippen molar-refractivity contribution in [2.45, 2.75) is 44.4 Å². The molecule has 102 valence electrons. The van der Waals surface area contributed by atoms with E-state index in [1.165, 1.54) is 0 Å². The smallest absolute Gasteiger partial charge is 0.122 e. The minimum atomic E-state index is 0.121. The lowest BCUT2D eigenvalue weighted by molar-refractivity contribution is 0.0183. The molecule has 0 saturated carbocycles. The third-order valence-electron chi connectivity index (χ3n) is 3.91. The molecule has 1 aliphatic rings. The van der Waals surface area contributed by atoms with E-state index in [0.717, 1.165) is 38.1 Å². The first kappa shape index (κ1) is 13.6. The summed E-state index contributed by atoms with van der Waals surface area (Å²) >= 11 is 0. The van der Waals surface area contributed by atoms with E-state index in [1.54, 1.807) is 13.4 Å². The highest BCUT2D eigenvalue weighted by atomic mass is 16.5. The number of hydrogen-bond donors (Lipinski definition) is 1. The number of rotatable bonds is 5. The van der Waals surface area contributed by atoms with Gasteiger partial charge in [-0.2, -0.15) is 0 Å². The molecule has 0 radical (unpaired) electrons. The molecule has 1 aromatic heterocycles. The number of hydrogen-bond acceptors (Lipinski definition) is 4. The molecule has 1 aromatic rings. The Bertz CT molecular complexity index is 332. The van der Waals surface area contributed by atoms with Gasteiger partial charge in [-0.3, -0.25) is 4.90 Å². The summed E-state index contributed by atoms with van der Waals surface area (Å²) in [5.41, 5.74) is 6.27. The summed E-state index contributed by atoms with van der Waals surface area (Å²) in [7, 11) is 1.79. The van der Waals surface area contributed by atoms with Crippen molar-refractivity contribution in [2.75, 3.05) is 20.2 Å². The molecule has 18 heavy (non-hydrogen) atoms. The van der Waals surface area contributed by atoms with Crippen LogP contribution in [0.3, 0.4) is 0 Å². The molecule has 0 aliphatic carbocycles. The Kier molecular flexibility index (Phi) is 4.80. The third-order valence-corrected chi connectivity index (χ3v) is 3.91. The second-order valence-corrected chi connectivity index (χ2v) is 5.00. The quantitative estimate of drug-likeness (QED) is 0.872. The highest BCUT2D eigenvalue weighted by Gasteiger charge is 2.31. The van der Waals surface area contributed by atoms with Gasteiger partial charge in [-0.1, -0.05) is 6.92 Å². The number of ether oxygens (including phenoxy) is 1. The molecule has 1 saturated heterocycles. The third kappa shape index (κ3) is 2.94. The summed E-state index contributed by atoms with van der Waals surface area (Å²) in [5, 5.41) is 0. The number of methoxy groups -OCH3 is 1. The molecule has 0 amide bonds. The van der Waals surface area contributed by atoms with Crippen molar-refractivity contribution in [3.8, 4) is 0 Å². The molecule has 0 spiro atoms. The van der Waals surface area contributed by atoms with Crippen LogP contribution in [0.4, 0.5) is 0 Å². The van der Waals surface area contributed by atoms with Crippen molar-refractivity contribution in [3.63, 3.8) is 0 Å². The lowest BCUT2D eigenvalue weighted by Gasteiger charge is -2.38.